The zero-order valence-electron chi connectivity index (χ0n) is 12.5. The Bertz CT molecular complexity index is 403. The largest absolute Gasteiger partial charge is 0.340 e. The van der Waals surface area contributed by atoms with E-state index in [1.165, 1.54) is 10.6 Å². The van der Waals surface area contributed by atoms with Crippen molar-refractivity contribution in [2.24, 2.45) is 11.7 Å². The minimum atomic E-state index is -3.13. The van der Waals surface area contributed by atoms with Crippen molar-refractivity contribution in [3.05, 3.63) is 0 Å². The van der Waals surface area contributed by atoms with E-state index >= 15 is 0 Å². The number of carbonyl (C=O) groups excluding carboxylic acids is 1. The normalized spacial score (nSPS) is 19.1. The van der Waals surface area contributed by atoms with E-state index in [1.807, 2.05) is 0 Å². The standard InChI is InChI=1S/C13H27N3O3S/c1-3-12(6-7-14)4-5-13(17)15-8-10-16(11-9-15)20(2,18)19/h12H,3-11,14H2,1-2H3. The van der Waals surface area contributed by atoms with Crippen molar-refractivity contribution >= 4 is 15.9 Å². The van der Waals surface area contributed by atoms with Gasteiger partial charge in [-0.15, -0.1) is 0 Å². The van der Waals surface area contributed by atoms with Crippen LogP contribution in [0.15, 0.2) is 0 Å². The Kier molecular flexibility index (Phi) is 6.91. The molecule has 1 aliphatic heterocycles. The van der Waals surface area contributed by atoms with Crippen molar-refractivity contribution < 1.29 is 13.2 Å². The molecule has 0 bridgehead atoms. The zero-order valence-corrected chi connectivity index (χ0v) is 13.4. The molecule has 1 heterocycles. The van der Waals surface area contributed by atoms with Gasteiger partial charge >= 0.3 is 0 Å². The molecule has 0 aromatic carbocycles. The first kappa shape index (κ1) is 17.4. The highest BCUT2D eigenvalue weighted by molar-refractivity contribution is 7.88. The first-order valence-corrected chi connectivity index (χ1v) is 9.16. The fourth-order valence-corrected chi connectivity index (χ4v) is 3.37. The lowest BCUT2D eigenvalue weighted by Gasteiger charge is -2.33. The molecule has 1 saturated heterocycles. The van der Waals surface area contributed by atoms with Crippen molar-refractivity contribution in [3.63, 3.8) is 0 Å². The van der Waals surface area contributed by atoms with E-state index in [2.05, 4.69) is 6.92 Å². The second-order valence-corrected chi connectivity index (χ2v) is 7.42. The number of hydrogen-bond acceptors (Lipinski definition) is 4. The van der Waals surface area contributed by atoms with E-state index in [4.69, 9.17) is 5.73 Å². The highest BCUT2D eigenvalue weighted by Gasteiger charge is 2.25. The molecule has 6 nitrogen and oxygen atoms in total. The van der Waals surface area contributed by atoms with Gasteiger partial charge < -0.3 is 10.6 Å². The third-order valence-electron chi connectivity index (χ3n) is 3.98. The maximum atomic E-state index is 12.1. The summed E-state index contributed by atoms with van der Waals surface area (Å²) in [6.45, 7) is 4.60. The Balaban J connectivity index is 2.36. The second kappa shape index (κ2) is 7.95. The van der Waals surface area contributed by atoms with Gasteiger partial charge in [-0.25, -0.2) is 8.42 Å². The number of nitrogens with zero attached hydrogens (tertiary/aromatic N) is 2. The third kappa shape index (κ3) is 5.38. The molecule has 1 rings (SSSR count). The van der Waals surface area contributed by atoms with Crippen molar-refractivity contribution in [2.75, 3.05) is 39.0 Å². The molecule has 0 saturated carbocycles. The van der Waals surface area contributed by atoms with Crippen LogP contribution in [0.25, 0.3) is 0 Å². The van der Waals surface area contributed by atoms with Gasteiger partial charge in [-0.05, 0) is 25.3 Å². The van der Waals surface area contributed by atoms with E-state index in [-0.39, 0.29) is 5.91 Å². The summed E-state index contributed by atoms with van der Waals surface area (Å²) >= 11 is 0. The molecule has 0 spiro atoms. The Morgan fingerprint density at radius 1 is 1.20 bits per heavy atom. The summed E-state index contributed by atoms with van der Waals surface area (Å²) in [6.07, 6.45) is 4.64. The van der Waals surface area contributed by atoms with Crippen LogP contribution in [-0.2, 0) is 14.8 Å². The molecule has 20 heavy (non-hydrogen) atoms. The molecule has 1 fully saturated rings. The van der Waals surface area contributed by atoms with E-state index in [0.717, 1.165) is 19.3 Å². The summed E-state index contributed by atoms with van der Waals surface area (Å²) in [5.74, 6) is 0.648. The first-order valence-electron chi connectivity index (χ1n) is 7.31. The molecule has 2 N–H and O–H groups in total. The molecule has 1 amide bonds. The van der Waals surface area contributed by atoms with Crippen LogP contribution in [-0.4, -0.2) is 62.5 Å². The molecule has 1 unspecified atom stereocenters. The summed E-state index contributed by atoms with van der Waals surface area (Å²) in [5, 5.41) is 0. The van der Waals surface area contributed by atoms with Crippen LogP contribution in [0, 0.1) is 5.92 Å². The van der Waals surface area contributed by atoms with Gasteiger partial charge in [0.05, 0.1) is 6.26 Å². The first-order chi connectivity index (χ1) is 9.38. The summed E-state index contributed by atoms with van der Waals surface area (Å²) in [5.41, 5.74) is 5.55. The summed E-state index contributed by atoms with van der Waals surface area (Å²) in [6, 6.07) is 0. The quantitative estimate of drug-likeness (QED) is 0.730. The van der Waals surface area contributed by atoms with Crippen molar-refractivity contribution in [1.29, 1.82) is 0 Å². The number of hydrogen-bond donors (Lipinski definition) is 1. The molecule has 1 aliphatic rings. The van der Waals surface area contributed by atoms with Crippen molar-refractivity contribution in [2.45, 2.75) is 32.6 Å². The van der Waals surface area contributed by atoms with Crippen LogP contribution in [0.3, 0.4) is 0 Å². The lowest BCUT2D eigenvalue weighted by molar-refractivity contribution is -0.132. The Hall–Kier alpha value is -0.660. The molecule has 0 aromatic rings. The monoisotopic (exact) mass is 305 g/mol. The lowest BCUT2D eigenvalue weighted by atomic mass is 9.96. The fourth-order valence-electron chi connectivity index (χ4n) is 2.54. The number of nitrogens with two attached hydrogens (primary N) is 1. The van der Waals surface area contributed by atoms with E-state index < -0.39 is 10.0 Å². The smallest absolute Gasteiger partial charge is 0.222 e. The van der Waals surface area contributed by atoms with E-state index in [0.29, 0.717) is 45.1 Å². The minimum Gasteiger partial charge on any atom is -0.340 e. The maximum absolute atomic E-state index is 12.1. The molecule has 7 heteroatoms. The van der Waals surface area contributed by atoms with Crippen molar-refractivity contribution in [1.82, 2.24) is 9.21 Å². The highest BCUT2D eigenvalue weighted by atomic mass is 32.2. The Labute approximate surface area is 122 Å². The predicted molar refractivity (Wildman–Crippen MR) is 79.7 cm³/mol. The maximum Gasteiger partial charge on any atom is 0.222 e. The van der Waals surface area contributed by atoms with Gasteiger partial charge in [-0.2, -0.15) is 4.31 Å². The minimum absolute atomic E-state index is 0.133. The molecule has 1 atom stereocenters. The molecule has 0 aliphatic carbocycles. The van der Waals surface area contributed by atoms with Gasteiger partial charge in [0, 0.05) is 32.6 Å². The predicted octanol–water partition coefficient (Wildman–Crippen LogP) is 0.245. The fraction of sp³-hybridized carbons (Fsp3) is 0.923. The van der Waals surface area contributed by atoms with E-state index in [9.17, 15) is 13.2 Å². The van der Waals surface area contributed by atoms with E-state index in [1.54, 1.807) is 4.90 Å². The lowest BCUT2D eigenvalue weighted by Crippen LogP contribution is -2.50. The van der Waals surface area contributed by atoms with Gasteiger partial charge in [0.25, 0.3) is 0 Å². The van der Waals surface area contributed by atoms with Gasteiger partial charge in [0.15, 0.2) is 0 Å². The van der Waals surface area contributed by atoms with Crippen molar-refractivity contribution in [3.8, 4) is 0 Å². The topological polar surface area (TPSA) is 83.7 Å². The summed E-state index contributed by atoms with van der Waals surface area (Å²) < 4.78 is 24.2. The van der Waals surface area contributed by atoms with Crippen LogP contribution >= 0.6 is 0 Å². The number of carbonyl (C=O) groups is 1. The second-order valence-electron chi connectivity index (χ2n) is 5.43. The average Bonchev–Trinajstić information content (AvgIpc) is 2.42. The number of amides is 1. The van der Waals surface area contributed by atoms with Crippen LogP contribution in [0.1, 0.15) is 32.6 Å². The Morgan fingerprint density at radius 3 is 2.25 bits per heavy atom. The average molecular weight is 305 g/mol. The third-order valence-corrected chi connectivity index (χ3v) is 5.28. The van der Waals surface area contributed by atoms with Gasteiger partial charge in [-0.3, -0.25) is 4.79 Å². The summed E-state index contributed by atoms with van der Waals surface area (Å²) in [7, 11) is -3.13. The van der Waals surface area contributed by atoms with Crippen LogP contribution in [0.2, 0.25) is 0 Å². The van der Waals surface area contributed by atoms with Gasteiger partial charge in [0.2, 0.25) is 15.9 Å². The SMILES string of the molecule is CCC(CCN)CCC(=O)N1CCN(S(C)(=O)=O)CC1. The molecule has 0 radical (unpaired) electrons. The molecular weight excluding hydrogens is 278 g/mol. The van der Waals surface area contributed by atoms with Crippen LogP contribution < -0.4 is 5.73 Å². The highest BCUT2D eigenvalue weighted by Crippen LogP contribution is 2.16. The van der Waals surface area contributed by atoms with Gasteiger partial charge in [0.1, 0.15) is 0 Å². The number of sulfonamides is 1. The number of rotatable bonds is 7. The Morgan fingerprint density at radius 2 is 1.80 bits per heavy atom. The molecule has 118 valence electrons. The molecule has 0 aromatic heterocycles. The summed E-state index contributed by atoms with van der Waals surface area (Å²) in [4.78, 5) is 13.9. The van der Waals surface area contributed by atoms with Crippen LogP contribution in [0.4, 0.5) is 0 Å². The van der Waals surface area contributed by atoms with Gasteiger partial charge in [-0.1, -0.05) is 13.3 Å². The molecular formula is C13H27N3O3S. The zero-order chi connectivity index (χ0) is 15.2. The van der Waals surface area contributed by atoms with Crippen LogP contribution in [0.5, 0.6) is 0 Å². The number of piperazine rings is 1.